The van der Waals surface area contributed by atoms with Crippen molar-refractivity contribution in [2.45, 2.75) is 19.8 Å². The van der Waals surface area contributed by atoms with Gasteiger partial charge in [-0.15, -0.1) is 0 Å². The monoisotopic (exact) mass is 349 g/mol. The third kappa shape index (κ3) is 3.35. The molecule has 3 saturated heterocycles. The van der Waals surface area contributed by atoms with Crippen molar-refractivity contribution in [1.82, 2.24) is 4.90 Å². The molecule has 1 amide bonds. The minimum Gasteiger partial charge on any atom is -0.469 e. The molecule has 0 radical (unpaired) electrons. The molecule has 138 valence electrons. The van der Waals surface area contributed by atoms with Crippen molar-refractivity contribution in [2.24, 2.45) is 17.3 Å². The zero-order valence-electron chi connectivity index (χ0n) is 14.9. The highest BCUT2D eigenvalue weighted by Gasteiger charge is 2.52. The standard InChI is InChI=1S/C19H27NO5/c1-14-17(4-7-25-14)18(21)20-8-16-10-24-13-19(16,11-20)12-23-9-15-2-5-22-6-3-15/h4,7,15-16H,2-3,5-6,8-13H2,1H3/t16-,19-/m1/s1. The Morgan fingerprint density at radius 1 is 1.36 bits per heavy atom. The van der Waals surface area contributed by atoms with Gasteiger partial charge in [0.05, 0.1) is 31.6 Å². The van der Waals surface area contributed by atoms with E-state index < -0.39 is 0 Å². The van der Waals surface area contributed by atoms with Crippen molar-refractivity contribution in [1.29, 1.82) is 0 Å². The molecule has 1 aromatic rings. The third-order valence-corrected chi connectivity index (χ3v) is 5.98. The lowest BCUT2D eigenvalue weighted by Gasteiger charge is -2.29. The Balaban J connectivity index is 1.37. The first-order valence-corrected chi connectivity index (χ1v) is 9.24. The van der Waals surface area contributed by atoms with Gasteiger partial charge in [0, 0.05) is 44.2 Å². The van der Waals surface area contributed by atoms with E-state index in [1.165, 1.54) is 0 Å². The van der Waals surface area contributed by atoms with E-state index >= 15 is 0 Å². The van der Waals surface area contributed by atoms with E-state index in [4.69, 9.17) is 18.6 Å². The second kappa shape index (κ2) is 7.09. The van der Waals surface area contributed by atoms with Crippen LogP contribution in [0.25, 0.3) is 0 Å². The molecule has 1 aromatic heterocycles. The second-order valence-electron chi connectivity index (χ2n) is 7.72. The van der Waals surface area contributed by atoms with Crippen LogP contribution in [0.15, 0.2) is 16.7 Å². The van der Waals surface area contributed by atoms with Crippen LogP contribution in [-0.4, -0.2) is 63.5 Å². The fraction of sp³-hybridized carbons (Fsp3) is 0.737. The van der Waals surface area contributed by atoms with E-state index in [1.807, 2.05) is 11.8 Å². The van der Waals surface area contributed by atoms with Crippen LogP contribution in [0.4, 0.5) is 0 Å². The molecule has 4 rings (SSSR count). The maximum atomic E-state index is 12.8. The first-order chi connectivity index (χ1) is 12.2. The molecule has 25 heavy (non-hydrogen) atoms. The summed E-state index contributed by atoms with van der Waals surface area (Å²) in [6, 6.07) is 1.76. The van der Waals surface area contributed by atoms with Crippen molar-refractivity contribution < 1.29 is 23.4 Å². The van der Waals surface area contributed by atoms with Crippen molar-refractivity contribution in [3.05, 3.63) is 23.7 Å². The van der Waals surface area contributed by atoms with Gasteiger partial charge in [0.25, 0.3) is 5.91 Å². The molecule has 0 spiro atoms. The topological polar surface area (TPSA) is 61.1 Å². The number of hydrogen-bond acceptors (Lipinski definition) is 5. The van der Waals surface area contributed by atoms with E-state index in [0.29, 0.717) is 42.9 Å². The van der Waals surface area contributed by atoms with E-state index in [-0.39, 0.29) is 11.3 Å². The summed E-state index contributed by atoms with van der Waals surface area (Å²) in [5, 5.41) is 0. The highest BCUT2D eigenvalue weighted by Crippen LogP contribution is 2.42. The second-order valence-corrected chi connectivity index (χ2v) is 7.72. The molecule has 0 bridgehead atoms. The zero-order chi connectivity index (χ0) is 17.3. The summed E-state index contributed by atoms with van der Waals surface area (Å²) in [6.45, 7) is 7.82. The molecule has 6 nitrogen and oxygen atoms in total. The van der Waals surface area contributed by atoms with Gasteiger partial charge < -0.3 is 23.5 Å². The molecular formula is C19H27NO5. The fourth-order valence-electron chi connectivity index (χ4n) is 4.31. The Labute approximate surface area is 148 Å². The fourth-order valence-corrected chi connectivity index (χ4v) is 4.31. The molecule has 2 atom stereocenters. The number of amides is 1. The van der Waals surface area contributed by atoms with Gasteiger partial charge in [-0.05, 0) is 31.7 Å². The molecule has 6 heteroatoms. The first kappa shape index (κ1) is 17.1. The van der Waals surface area contributed by atoms with Crippen molar-refractivity contribution in [2.75, 3.05) is 52.7 Å². The van der Waals surface area contributed by atoms with Gasteiger partial charge >= 0.3 is 0 Å². The number of nitrogens with zero attached hydrogens (tertiary/aromatic N) is 1. The Hall–Kier alpha value is -1.37. The van der Waals surface area contributed by atoms with Crippen LogP contribution in [0.5, 0.6) is 0 Å². The maximum absolute atomic E-state index is 12.8. The summed E-state index contributed by atoms with van der Waals surface area (Å²) in [4.78, 5) is 14.7. The largest absolute Gasteiger partial charge is 0.469 e. The summed E-state index contributed by atoms with van der Waals surface area (Å²) < 4.78 is 22.6. The number of likely N-dealkylation sites (tertiary alicyclic amines) is 1. The van der Waals surface area contributed by atoms with Crippen LogP contribution < -0.4 is 0 Å². The summed E-state index contributed by atoms with van der Waals surface area (Å²) in [5.41, 5.74) is 0.609. The molecule has 3 fully saturated rings. The number of furan rings is 1. The minimum absolute atomic E-state index is 0.0571. The Kier molecular flexibility index (Phi) is 4.84. The number of rotatable bonds is 5. The number of fused-ring (bicyclic) bond motifs is 1. The molecule has 0 saturated carbocycles. The van der Waals surface area contributed by atoms with Gasteiger partial charge in [0.15, 0.2) is 0 Å². The Morgan fingerprint density at radius 3 is 2.96 bits per heavy atom. The number of ether oxygens (including phenoxy) is 3. The number of aryl methyl sites for hydroxylation is 1. The van der Waals surface area contributed by atoms with Crippen molar-refractivity contribution in [3.63, 3.8) is 0 Å². The minimum atomic E-state index is -0.0571. The Morgan fingerprint density at radius 2 is 2.20 bits per heavy atom. The third-order valence-electron chi connectivity index (χ3n) is 5.98. The highest BCUT2D eigenvalue weighted by atomic mass is 16.5. The lowest BCUT2D eigenvalue weighted by atomic mass is 9.82. The summed E-state index contributed by atoms with van der Waals surface area (Å²) in [6.07, 6.45) is 3.74. The number of carbonyl (C=O) groups excluding carboxylic acids is 1. The van der Waals surface area contributed by atoms with Crippen LogP contribution in [0.3, 0.4) is 0 Å². The van der Waals surface area contributed by atoms with Crippen LogP contribution in [0.1, 0.15) is 29.0 Å². The summed E-state index contributed by atoms with van der Waals surface area (Å²) in [5.74, 6) is 1.70. The van der Waals surface area contributed by atoms with Crippen molar-refractivity contribution >= 4 is 5.91 Å². The molecular weight excluding hydrogens is 322 g/mol. The van der Waals surface area contributed by atoms with E-state index in [1.54, 1.807) is 12.3 Å². The van der Waals surface area contributed by atoms with Gasteiger partial charge in [0.1, 0.15) is 5.76 Å². The zero-order valence-corrected chi connectivity index (χ0v) is 14.9. The van der Waals surface area contributed by atoms with E-state index in [0.717, 1.165) is 45.8 Å². The Bertz CT molecular complexity index is 609. The predicted molar refractivity (Wildman–Crippen MR) is 90.5 cm³/mol. The number of carbonyl (C=O) groups is 1. The molecule has 3 aliphatic heterocycles. The maximum Gasteiger partial charge on any atom is 0.257 e. The summed E-state index contributed by atoms with van der Waals surface area (Å²) in [7, 11) is 0. The molecule has 0 unspecified atom stereocenters. The summed E-state index contributed by atoms with van der Waals surface area (Å²) >= 11 is 0. The van der Waals surface area contributed by atoms with Crippen LogP contribution >= 0.6 is 0 Å². The van der Waals surface area contributed by atoms with Crippen molar-refractivity contribution in [3.8, 4) is 0 Å². The van der Waals surface area contributed by atoms with Gasteiger partial charge in [-0.1, -0.05) is 0 Å². The lowest BCUT2D eigenvalue weighted by Crippen LogP contribution is -2.38. The van der Waals surface area contributed by atoms with Gasteiger partial charge in [-0.2, -0.15) is 0 Å². The van der Waals surface area contributed by atoms with Gasteiger partial charge in [-0.25, -0.2) is 0 Å². The molecule has 0 N–H and O–H groups in total. The first-order valence-electron chi connectivity index (χ1n) is 9.24. The van der Waals surface area contributed by atoms with Gasteiger partial charge in [-0.3, -0.25) is 4.79 Å². The SMILES string of the molecule is Cc1occc1C(=O)N1C[C@@H]2COC[C@]2(COCC2CCOCC2)C1. The van der Waals surface area contributed by atoms with Crippen LogP contribution in [0, 0.1) is 24.2 Å². The average molecular weight is 349 g/mol. The molecule has 4 heterocycles. The van der Waals surface area contributed by atoms with Crippen LogP contribution in [-0.2, 0) is 14.2 Å². The average Bonchev–Trinajstić information content (AvgIpc) is 3.29. The molecule has 0 aliphatic carbocycles. The molecule has 3 aliphatic rings. The lowest BCUT2D eigenvalue weighted by molar-refractivity contribution is -0.0150. The van der Waals surface area contributed by atoms with Gasteiger partial charge in [0.2, 0.25) is 0 Å². The smallest absolute Gasteiger partial charge is 0.257 e. The highest BCUT2D eigenvalue weighted by molar-refractivity contribution is 5.95. The van der Waals surface area contributed by atoms with E-state index in [2.05, 4.69) is 0 Å². The quantitative estimate of drug-likeness (QED) is 0.815. The number of hydrogen-bond donors (Lipinski definition) is 0. The predicted octanol–water partition coefficient (Wildman–Crippen LogP) is 2.12. The molecule has 0 aromatic carbocycles. The normalized spacial score (nSPS) is 30.0. The van der Waals surface area contributed by atoms with E-state index in [9.17, 15) is 4.79 Å². The van der Waals surface area contributed by atoms with Crippen LogP contribution in [0.2, 0.25) is 0 Å².